The third-order valence-corrected chi connectivity index (χ3v) is 3.80. The zero-order chi connectivity index (χ0) is 13.0. The number of aryl methyl sites for hydroxylation is 1. The minimum absolute atomic E-state index is 0.188. The number of hydrogen-bond donors (Lipinski definition) is 1. The summed E-state index contributed by atoms with van der Waals surface area (Å²) in [5, 5.41) is 9.18. The molecule has 1 unspecified atom stereocenters. The Kier molecular flexibility index (Phi) is 4.44. The Labute approximate surface area is 111 Å². The summed E-state index contributed by atoms with van der Waals surface area (Å²) in [5.41, 5.74) is 3.13. The number of thioether (sulfide) groups is 1. The first-order valence-electron chi connectivity index (χ1n) is 5.93. The minimum Gasteiger partial charge on any atom is -0.444 e. The van der Waals surface area contributed by atoms with E-state index in [0.29, 0.717) is 5.89 Å². The van der Waals surface area contributed by atoms with Crippen molar-refractivity contribution >= 4 is 11.8 Å². The van der Waals surface area contributed by atoms with Crippen molar-refractivity contribution in [1.82, 2.24) is 4.98 Å². The molecule has 0 amide bonds. The van der Waals surface area contributed by atoms with Crippen LogP contribution in [0.4, 0.5) is 0 Å². The fourth-order valence-electron chi connectivity index (χ4n) is 1.48. The average molecular weight is 263 g/mol. The second kappa shape index (κ2) is 6.07. The summed E-state index contributed by atoms with van der Waals surface area (Å²) in [6.07, 6.45) is 1.69. The normalized spacial score (nSPS) is 12.6. The highest BCUT2D eigenvalue weighted by Gasteiger charge is 2.08. The van der Waals surface area contributed by atoms with Crippen LogP contribution in [-0.2, 0) is 5.75 Å². The molecule has 0 saturated heterocycles. The maximum atomic E-state index is 8.96. The van der Waals surface area contributed by atoms with E-state index >= 15 is 0 Å². The number of benzene rings is 1. The summed E-state index contributed by atoms with van der Waals surface area (Å²) in [7, 11) is 0. The highest BCUT2D eigenvalue weighted by Crippen LogP contribution is 2.22. The lowest BCUT2D eigenvalue weighted by Gasteiger charge is -2.04. The molecule has 4 heteroatoms. The summed E-state index contributed by atoms with van der Waals surface area (Å²) in [6.45, 7) is 4.23. The summed E-state index contributed by atoms with van der Waals surface area (Å²) in [5.74, 6) is 1.42. The predicted molar refractivity (Wildman–Crippen MR) is 74.5 cm³/mol. The predicted octanol–water partition coefficient (Wildman–Crippen LogP) is 3.26. The number of hydrogen-bond acceptors (Lipinski definition) is 4. The van der Waals surface area contributed by atoms with Gasteiger partial charge < -0.3 is 9.52 Å². The van der Waals surface area contributed by atoms with Crippen LogP contribution in [0.5, 0.6) is 0 Å². The van der Waals surface area contributed by atoms with Crippen LogP contribution in [0.15, 0.2) is 34.9 Å². The molecule has 3 nitrogen and oxygen atoms in total. The van der Waals surface area contributed by atoms with Crippen molar-refractivity contribution in [2.45, 2.75) is 24.9 Å². The lowest BCUT2D eigenvalue weighted by molar-refractivity contribution is 0.300. The first-order chi connectivity index (χ1) is 8.69. The van der Waals surface area contributed by atoms with Crippen molar-refractivity contribution in [3.05, 3.63) is 41.8 Å². The van der Waals surface area contributed by atoms with Gasteiger partial charge >= 0.3 is 0 Å². The monoisotopic (exact) mass is 263 g/mol. The lowest BCUT2D eigenvalue weighted by Crippen LogP contribution is -2.02. The van der Waals surface area contributed by atoms with Gasteiger partial charge in [0, 0.05) is 16.6 Å². The van der Waals surface area contributed by atoms with Crippen LogP contribution in [0.3, 0.4) is 0 Å². The molecule has 1 aromatic carbocycles. The van der Waals surface area contributed by atoms with Crippen LogP contribution < -0.4 is 0 Å². The van der Waals surface area contributed by atoms with Gasteiger partial charge in [0.1, 0.15) is 6.26 Å². The van der Waals surface area contributed by atoms with E-state index in [-0.39, 0.29) is 11.9 Å². The topological polar surface area (TPSA) is 46.3 Å². The van der Waals surface area contributed by atoms with E-state index in [9.17, 15) is 0 Å². The Morgan fingerprint density at radius 3 is 2.72 bits per heavy atom. The molecule has 0 aliphatic heterocycles. The molecule has 1 atom stereocenters. The largest absolute Gasteiger partial charge is 0.444 e. The van der Waals surface area contributed by atoms with Gasteiger partial charge in [-0.15, -0.1) is 11.8 Å². The van der Waals surface area contributed by atoms with Crippen LogP contribution in [0.1, 0.15) is 18.2 Å². The van der Waals surface area contributed by atoms with E-state index in [1.165, 1.54) is 5.56 Å². The molecule has 0 aliphatic rings. The molecule has 0 bridgehead atoms. The Balaban J connectivity index is 2.03. The molecule has 18 heavy (non-hydrogen) atoms. The fourth-order valence-corrected chi connectivity index (χ4v) is 2.18. The molecule has 2 rings (SSSR count). The van der Waals surface area contributed by atoms with Gasteiger partial charge in [0.15, 0.2) is 0 Å². The van der Waals surface area contributed by atoms with Gasteiger partial charge in [-0.2, -0.15) is 0 Å². The number of aromatic nitrogens is 1. The Bertz CT molecular complexity index is 493. The van der Waals surface area contributed by atoms with Crippen molar-refractivity contribution < 1.29 is 9.52 Å². The molecule has 0 spiro atoms. The molecular formula is C14H17NO2S. The van der Waals surface area contributed by atoms with Gasteiger partial charge in [-0.05, 0) is 19.1 Å². The second-order valence-corrected chi connectivity index (χ2v) is 5.74. The maximum Gasteiger partial charge on any atom is 0.226 e. The third kappa shape index (κ3) is 3.37. The number of aliphatic hydroxyl groups excluding tert-OH is 1. The van der Waals surface area contributed by atoms with Crippen molar-refractivity contribution in [2.24, 2.45) is 0 Å². The summed E-state index contributed by atoms with van der Waals surface area (Å²) < 4.78 is 5.47. The van der Waals surface area contributed by atoms with Gasteiger partial charge in [0.25, 0.3) is 0 Å². The van der Waals surface area contributed by atoms with Gasteiger partial charge in [-0.3, -0.25) is 0 Å². The van der Waals surface area contributed by atoms with Crippen LogP contribution >= 0.6 is 11.8 Å². The first-order valence-corrected chi connectivity index (χ1v) is 6.98. The minimum atomic E-state index is 0.188. The smallest absolute Gasteiger partial charge is 0.226 e. The SMILES string of the molecule is Cc1ccc(-c2nc(CSC(C)CO)co2)cc1. The Morgan fingerprint density at radius 1 is 1.33 bits per heavy atom. The molecule has 2 aromatic rings. The molecule has 0 fully saturated rings. The quantitative estimate of drug-likeness (QED) is 0.899. The summed E-state index contributed by atoms with van der Waals surface area (Å²) in [4.78, 5) is 4.45. The van der Waals surface area contributed by atoms with Gasteiger partial charge in [0.05, 0.1) is 12.3 Å². The summed E-state index contributed by atoms with van der Waals surface area (Å²) >= 11 is 1.67. The highest BCUT2D eigenvalue weighted by molar-refractivity contribution is 7.99. The van der Waals surface area contributed by atoms with E-state index < -0.39 is 0 Å². The van der Waals surface area contributed by atoms with E-state index in [1.807, 2.05) is 31.2 Å². The lowest BCUT2D eigenvalue weighted by atomic mass is 10.1. The van der Waals surface area contributed by atoms with Crippen molar-refractivity contribution in [3.8, 4) is 11.5 Å². The van der Waals surface area contributed by atoms with Crippen molar-refractivity contribution in [3.63, 3.8) is 0 Å². The molecule has 1 aromatic heterocycles. The number of oxazole rings is 1. The Hall–Kier alpha value is -1.26. The van der Waals surface area contributed by atoms with Crippen molar-refractivity contribution in [2.75, 3.05) is 6.61 Å². The zero-order valence-electron chi connectivity index (χ0n) is 10.6. The second-order valence-electron chi connectivity index (χ2n) is 4.31. The van der Waals surface area contributed by atoms with E-state index in [2.05, 4.69) is 11.9 Å². The average Bonchev–Trinajstić information content (AvgIpc) is 2.85. The van der Waals surface area contributed by atoms with Crippen LogP contribution in [0, 0.1) is 6.92 Å². The number of aliphatic hydroxyl groups is 1. The Morgan fingerprint density at radius 2 is 2.06 bits per heavy atom. The first kappa shape index (κ1) is 13.2. The fraction of sp³-hybridized carbons (Fsp3) is 0.357. The van der Waals surface area contributed by atoms with E-state index in [1.54, 1.807) is 18.0 Å². The zero-order valence-corrected chi connectivity index (χ0v) is 11.4. The van der Waals surface area contributed by atoms with E-state index in [4.69, 9.17) is 9.52 Å². The third-order valence-electron chi connectivity index (χ3n) is 2.62. The van der Waals surface area contributed by atoms with Gasteiger partial charge in [0.2, 0.25) is 5.89 Å². The standard InChI is InChI=1S/C14H17NO2S/c1-10-3-5-12(6-4-10)14-15-13(8-17-14)9-18-11(2)7-16/h3-6,8,11,16H,7,9H2,1-2H3. The van der Waals surface area contributed by atoms with Crippen LogP contribution in [0.25, 0.3) is 11.5 Å². The molecule has 1 heterocycles. The van der Waals surface area contributed by atoms with E-state index in [0.717, 1.165) is 17.0 Å². The number of rotatable bonds is 5. The molecule has 0 radical (unpaired) electrons. The molecule has 0 saturated carbocycles. The number of nitrogens with zero attached hydrogens (tertiary/aromatic N) is 1. The summed E-state index contributed by atoms with van der Waals surface area (Å²) in [6, 6.07) is 8.10. The molecule has 0 aliphatic carbocycles. The van der Waals surface area contributed by atoms with Crippen LogP contribution in [0.2, 0.25) is 0 Å². The molecule has 1 N–H and O–H groups in total. The van der Waals surface area contributed by atoms with Gasteiger partial charge in [-0.25, -0.2) is 4.98 Å². The van der Waals surface area contributed by atoms with Crippen LogP contribution in [-0.4, -0.2) is 21.9 Å². The highest BCUT2D eigenvalue weighted by atomic mass is 32.2. The van der Waals surface area contributed by atoms with Crippen molar-refractivity contribution in [1.29, 1.82) is 0 Å². The molecular weight excluding hydrogens is 246 g/mol. The molecule has 96 valence electrons. The van der Waals surface area contributed by atoms with Gasteiger partial charge in [-0.1, -0.05) is 24.6 Å². The maximum absolute atomic E-state index is 8.96.